The first-order valence-electron chi connectivity index (χ1n) is 10.2. The van der Waals surface area contributed by atoms with Gasteiger partial charge < -0.3 is 19.7 Å². The van der Waals surface area contributed by atoms with E-state index in [1.807, 2.05) is 19.9 Å². The van der Waals surface area contributed by atoms with Gasteiger partial charge in [-0.2, -0.15) is 0 Å². The Morgan fingerprint density at radius 1 is 1.36 bits per heavy atom. The average molecular weight is 388 g/mol. The van der Waals surface area contributed by atoms with Gasteiger partial charge in [-0.25, -0.2) is 0 Å². The molecule has 4 aliphatic carbocycles. The van der Waals surface area contributed by atoms with Crippen LogP contribution in [0.15, 0.2) is 24.3 Å². The number of carbonyl (C=O) groups is 2. The highest BCUT2D eigenvalue weighted by Crippen LogP contribution is 2.76. The van der Waals surface area contributed by atoms with E-state index in [0.717, 1.165) is 12.0 Å². The second-order valence-electron chi connectivity index (χ2n) is 10.1. The van der Waals surface area contributed by atoms with E-state index in [-0.39, 0.29) is 24.2 Å². The maximum atomic E-state index is 13.4. The maximum absolute atomic E-state index is 13.4. The highest BCUT2D eigenvalue weighted by atomic mass is 16.6. The normalized spacial score (nSPS) is 53.0. The van der Waals surface area contributed by atoms with Crippen molar-refractivity contribution in [2.75, 3.05) is 6.61 Å². The van der Waals surface area contributed by atoms with Crippen molar-refractivity contribution in [2.24, 2.45) is 34.0 Å². The van der Waals surface area contributed by atoms with Crippen LogP contribution in [0, 0.1) is 34.0 Å². The number of hydrogen-bond acceptors (Lipinski definition) is 6. The summed E-state index contributed by atoms with van der Waals surface area (Å²) in [7, 11) is 0. The Labute approximate surface area is 164 Å². The maximum Gasteiger partial charge on any atom is 0.303 e. The predicted molar refractivity (Wildman–Crippen MR) is 98.7 cm³/mol. The lowest BCUT2D eigenvalue weighted by molar-refractivity contribution is -0.441. The summed E-state index contributed by atoms with van der Waals surface area (Å²) in [6, 6.07) is 0. The van der Waals surface area contributed by atoms with Gasteiger partial charge in [0.15, 0.2) is 5.78 Å². The molecule has 0 aromatic carbocycles. The molecule has 2 aliphatic heterocycles. The van der Waals surface area contributed by atoms with E-state index in [1.54, 1.807) is 6.08 Å². The Morgan fingerprint density at radius 2 is 2.07 bits per heavy atom. The molecule has 6 rings (SSSR count). The summed E-state index contributed by atoms with van der Waals surface area (Å²) in [5, 5.41) is 23.3. The minimum Gasteiger partial charge on any atom is -0.457 e. The molecule has 3 unspecified atom stereocenters. The third-order valence-electron chi connectivity index (χ3n) is 8.64. The number of aliphatic hydroxyl groups excluding tert-OH is 1. The van der Waals surface area contributed by atoms with Crippen LogP contribution in [0.5, 0.6) is 0 Å². The van der Waals surface area contributed by atoms with Crippen LogP contribution in [0.3, 0.4) is 0 Å². The second kappa shape index (κ2) is 5.15. The molecule has 28 heavy (non-hydrogen) atoms. The van der Waals surface area contributed by atoms with Crippen LogP contribution < -0.4 is 0 Å². The molecule has 152 valence electrons. The number of allylic oxidation sites excluding steroid dienone is 2. The van der Waals surface area contributed by atoms with Crippen molar-refractivity contribution in [3.8, 4) is 0 Å². The Hall–Kier alpha value is -1.50. The van der Waals surface area contributed by atoms with E-state index >= 15 is 0 Å². The SMILES string of the molecule is C=C1C2CC[C@H]3[C@@]45CO[C@@](O)(C(O)[C@@H]4C(C)(C)C=CC5=O)[C@]3(C2)C1OC(C)=O. The van der Waals surface area contributed by atoms with Crippen LogP contribution in [-0.4, -0.2) is 46.6 Å². The number of fused-ring (bicyclic) bond motifs is 2. The lowest BCUT2D eigenvalue weighted by atomic mass is 9.37. The lowest BCUT2D eigenvalue weighted by Crippen LogP contribution is -2.83. The molecule has 2 spiro atoms. The molecule has 2 N–H and O–H groups in total. The van der Waals surface area contributed by atoms with Crippen LogP contribution in [0.1, 0.15) is 40.0 Å². The van der Waals surface area contributed by atoms with Gasteiger partial charge in [0.2, 0.25) is 5.79 Å². The van der Waals surface area contributed by atoms with Crippen molar-refractivity contribution in [1.29, 1.82) is 0 Å². The van der Waals surface area contributed by atoms with Gasteiger partial charge in [-0.1, -0.05) is 26.5 Å². The van der Waals surface area contributed by atoms with Gasteiger partial charge in [0, 0.05) is 12.8 Å². The standard InChI is InChI=1S/C22H28O6/c1-11-13-5-6-14-20-10-27-22(26,21(14,9-13)18(11)28-12(2)23)17(25)16(20)19(3,4)8-7-15(20)24/h7-8,13-14,16-18,25-26H,1,5-6,9-10H2,2-4H3/t13?,14-,16+,17?,18?,20+,21-,22-/m0/s1. The smallest absolute Gasteiger partial charge is 0.303 e. The first-order chi connectivity index (χ1) is 13.0. The largest absolute Gasteiger partial charge is 0.457 e. The third kappa shape index (κ3) is 1.73. The van der Waals surface area contributed by atoms with Gasteiger partial charge in [-0.05, 0) is 48.2 Å². The van der Waals surface area contributed by atoms with Gasteiger partial charge in [0.05, 0.1) is 17.4 Å². The van der Waals surface area contributed by atoms with Gasteiger partial charge in [-0.3, -0.25) is 9.59 Å². The van der Waals surface area contributed by atoms with Crippen LogP contribution in [0.2, 0.25) is 0 Å². The summed E-state index contributed by atoms with van der Waals surface area (Å²) >= 11 is 0. The monoisotopic (exact) mass is 388 g/mol. The Balaban J connectivity index is 1.78. The zero-order chi connectivity index (χ0) is 20.3. The molecule has 0 amide bonds. The lowest BCUT2D eigenvalue weighted by Gasteiger charge is -2.72. The van der Waals surface area contributed by atoms with Crippen molar-refractivity contribution in [2.45, 2.75) is 58.0 Å². The predicted octanol–water partition coefficient (Wildman–Crippen LogP) is 1.75. The number of carbonyl (C=O) groups excluding carboxylic acids is 2. The zero-order valence-electron chi connectivity index (χ0n) is 16.6. The van der Waals surface area contributed by atoms with Crippen LogP contribution in [-0.2, 0) is 19.1 Å². The summed E-state index contributed by atoms with van der Waals surface area (Å²) in [5.74, 6) is -3.03. The molecule has 5 fully saturated rings. The van der Waals surface area contributed by atoms with E-state index < -0.39 is 46.1 Å². The van der Waals surface area contributed by atoms with Crippen LogP contribution in [0.25, 0.3) is 0 Å². The molecule has 0 aromatic rings. The van der Waals surface area contributed by atoms with E-state index in [1.165, 1.54) is 6.92 Å². The molecule has 2 heterocycles. The molecule has 6 aliphatic rings. The zero-order valence-corrected chi connectivity index (χ0v) is 16.6. The summed E-state index contributed by atoms with van der Waals surface area (Å²) in [4.78, 5) is 25.3. The Bertz CT molecular complexity index is 829. The van der Waals surface area contributed by atoms with Gasteiger partial charge in [0.25, 0.3) is 0 Å². The van der Waals surface area contributed by atoms with Crippen molar-refractivity contribution in [3.63, 3.8) is 0 Å². The van der Waals surface area contributed by atoms with Crippen LogP contribution >= 0.6 is 0 Å². The molecule has 0 aromatic heterocycles. The first-order valence-corrected chi connectivity index (χ1v) is 10.2. The number of rotatable bonds is 1. The van der Waals surface area contributed by atoms with Gasteiger partial charge >= 0.3 is 5.97 Å². The number of ketones is 1. The number of aliphatic hydroxyl groups is 2. The first kappa shape index (κ1) is 18.5. The third-order valence-corrected chi connectivity index (χ3v) is 8.64. The van der Waals surface area contributed by atoms with Crippen molar-refractivity contribution in [3.05, 3.63) is 24.3 Å². The summed E-state index contributed by atoms with van der Waals surface area (Å²) in [6.07, 6.45) is 3.49. The Kier molecular flexibility index (Phi) is 3.41. The molecule has 6 nitrogen and oxygen atoms in total. The molecule has 3 saturated carbocycles. The number of hydrogen-bond donors (Lipinski definition) is 2. The van der Waals surface area contributed by atoms with Crippen LogP contribution in [0.4, 0.5) is 0 Å². The topological polar surface area (TPSA) is 93.1 Å². The molecule has 8 atom stereocenters. The fourth-order valence-corrected chi connectivity index (χ4v) is 7.73. The Morgan fingerprint density at radius 3 is 2.75 bits per heavy atom. The van der Waals surface area contributed by atoms with Crippen molar-refractivity contribution < 1.29 is 29.3 Å². The van der Waals surface area contributed by atoms with E-state index in [2.05, 4.69) is 6.58 Å². The minimum absolute atomic E-state index is 0.0560. The van der Waals surface area contributed by atoms with Crippen molar-refractivity contribution in [1.82, 2.24) is 0 Å². The molecule has 0 radical (unpaired) electrons. The molecule has 6 heteroatoms. The fourth-order valence-electron chi connectivity index (χ4n) is 7.73. The average Bonchev–Trinajstić information content (AvgIpc) is 2.82. The molecular formula is C22H28O6. The van der Waals surface area contributed by atoms with E-state index in [0.29, 0.717) is 12.8 Å². The van der Waals surface area contributed by atoms with E-state index in [9.17, 15) is 19.8 Å². The minimum atomic E-state index is -1.88. The fraction of sp³-hybridized carbons (Fsp3) is 0.727. The van der Waals surface area contributed by atoms with Gasteiger partial charge in [-0.15, -0.1) is 0 Å². The number of esters is 1. The van der Waals surface area contributed by atoms with Gasteiger partial charge in [0.1, 0.15) is 12.2 Å². The quantitative estimate of drug-likeness (QED) is 0.525. The highest BCUT2D eigenvalue weighted by molar-refractivity contribution is 5.97. The molecule has 2 saturated heterocycles. The molecular weight excluding hydrogens is 360 g/mol. The highest BCUT2D eigenvalue weighted by Gasteiger charge is 2.84. The van der Waals surface area contributed by atoms with Crippen molar-refractivity contribution >= 4 is 11.8 Å². The van der Waals surface area contributed by atoms with E-state index in [4.69, 9.17) is 9.47 Å². The number of ether oxygens (including phenoxy) is 2. The summed E-state index contributed by atoms with van der Waals surface area (Å²) < 4.78 is 11.7. The second-order valence-corrected chi connectivity index (χ2v) is 10.1. The summed E-state index contributed by atoms with van der Waals surface area (Å²) in [5.41, 5.74) is -1.70. The molecule has 4 bridgehead atoms. The summed E-state index contributed by atoms with van der Waals surface area (Å²) in [6.45, 7) is 9.58.